The van der Waals surface area contributed by atoms with Gasteiger partial charge in [0, 0.05) is 6.20 Å². The van der Waals surface area contributed by atoms with Gasteiger partial charge in [0.1, 0.15) is 17.1 Å². The average Bonchev–Trinajstić information content (AvgIpc) is 2.92. The summed E-state index contributed by atoms with van der Waals surface area (Å²) in [7, 11) is 0. The Kier molecular flexibility index (Phi) is 3.10. The Labute approximate surface area is 123 Å². The van der Waals surface area contributed by atoms with Crippen LogP contribution in [-0.4, -0.2) is 25.2 Å². The SMILES string of the molecule is CC1CC(n2ccc3c(Cl)ncnc32)C=C1C(C)(C)O. The quantitative estimate of drug-likeness (QED) is 0.682. The van der Waals surface area contributed by atoms with Crippen LogP contribution in [0.15, 0.2) is 30.2 Å². The van der Waals surface area contributed by atoms with Gasteiger partial charge >= 0.3 is 0 Å². The number of nitrogens with zero attached hydrogens (tertiary/aromatic N) is 3. The van der Waals surface area contributed by atoms with Gasteiger partial charge in [-0.2, -0.15) is 0 Å². The molecule has 2 unspecified atom stereocenters. The molecule has 0 saturated carbocycles. The highest BCUT2D eigenvalue weighted by Gasteiger charge is 2.32. The minimum absolute atomic E-state index is 0.204. The minimum Gasteiger partial charge on any atom is -0.386 e. The summed E-state index contributed by atoms with van der Waals surface area (Å²) in [6, 6.07) is 2.15. The fraction of sp³-hybridized carbons (Fsp3) is 0.467. The van der Waals surface area contributed by atoms with Gasteiger partial charge in [-0.1, -0.05) is 24.6 Å². The van der Waals surface area contributed by atoms with Gasteiger partial charge in [0.15, 0.2) is 0 Å². The first-order chi connectivity index (χ1) is 9.38. The molecule has 2 heterocycles. The number of rotatable bonds is 2. The van der Waals surface area contributed by atoms with Gasteiger partial charge in [0.2, 0.25) is 0 Å². The largest absolute Gasteiger partial charge is 0.386 e. The number of aromatic nitrogens is 3. The summed E-state index contributed by atoms with van der Waals surface area (Å²) >= 11 is 6.09. The highest BCUT2D eigenvalue weighted by molar-refractivity contribution is 6.33. The van der Waals surface area contributed by atoms with Crippen LogP contribution in [0.2, 0.25) is 5.15 Å². The number of allylic oxidation sites excluding steroid dienone is 1. The van der Waals surface area contributed by atoms with Crippen LogP contribution in [0.4, 0.5) is 0 Å². The molecule has 2 aromatic rings. The maximum absolute atomic E-state index is 10.2. The lowest BCUT2D eigenvalue weighted by atomic mass is 9.90. The fourth-order valence-corrected chi connectivity index (χ4v) is 3.33. The van der Waals surface area contributed by atoms with Crippen molar-refractivity contribution in [2.75, 3.05) is 0 Å². The van der Waals surface area contributed by atoms with Crippen molar-refractivity contribution in [3.8, 4) is 0 Å². The molecule has 20 heavy (non-hydrogen) atoms. The first-order valence-corrected chi connectivity index (χ1v) is 7.17. The molecule has 1 aliphatic rings. The highest BCUT2D eigenvalue weighted by atomic mass is 35.5. The normalized spacial score (nSPS) is 23.4. The van der Waals surface area contributed by atoms with Crippen LogP contribution in [0.5, 0.6) is 0 Å². The summed E-state index contributed by atoms with van der Waals surface area (Å²) in [5.74, 6) is 0.356. The molecule has 0 bridgehead atoms. The van der Waals surface area contributed by atoms with Crippen molar-refractivity contribution in [2.45, 2.75) is 38.8 Å². The molecule has 1 N–H and O–H groups in total. The van der Waals surface area contributed by atoms with Crippen molar-refractivity contribution in [1.29, 1.82) is 0 Å². The Hall–Kier alpha value is -1.39. The van der Waals surface area contributed by atoms with Crippen molar-refractivity contribution in [2.24, 2.45) is 5.92 Å². The fourth-order valence-electron chi connectivity index (χ4n) is 3.14. The molecule has 3 rings (SSSR count). The third kappa shape index (κ3) is 2.13. The van der Waals surface area contributed by atoms with Crippen LogP contribution in [0.3, 0.4) is 0 Å². The molecule has 1 aliphatic carbocycles. The van der Waals surface area contributed by atoms with Crippen molar-refractivity contribution in [3.63, 3.8) is 0 Å². The second-order valence-electron chi connectivity index (χ2n) is 6.01. The van der Waals surface area contributed by atoms with E-state index in [1.807, 2.05) is 26.1 Å². The summed E-state index contributed by atoms with van der Waals surface area (Å²) in [4.78, 5) is 8.34. The van der Waals surface area contributed by atoms with Gasteiger partial charge in [-0.3, -0.25) is 0 Å². The van der Waals surface area contributed by atoms with Crippen molar-refractivity contribution >= 4 is 22.6 Å². The van der Waals surface area contributed by atoms with Gasteiger partial charge in [0.05, 0.1) is 17.0 Å². The molecule has 0 radical (unpaired) electrons. The predicted molar refractivity (Wildman–Crippen MR) is 79.7 cm³/mol. The molecule has 0 amide bonds. The molecule has 0 spiro atoms. The summed E-state index contributed by atoms with van der Waals surface area (Å²) in [5, 5.41) is 11.6. The van der Waals surface area contributed by atoms with E-state index in [9.17, 15) is 5.11 Å². The van der Waals surface area contributed by atoms with Crippen molar-refractivity contribution in [1.82, 2.24) is 14.5 Å². The Morgan fingerprint density at radius 1 is 1.40 bits per heavy atom. The summed E-state index contributed by atoms with van der Waals surface area (Å²) in [6.45, 7) is 5.83. The molecule has 0 aromatic carbocycles. The molecule has 106 valence electrons. The first-order valence-electron chi connectivity index (χ1n) is 6.79. The lowest BCUT2D eigenvalue weighted by molar-refractivity contribution is 0.110. The number of fused-ring (bicyclic) bond motifs is 1. The molecule has 0 fully saturated rings. The molecule has 4 nitrogen and oxygen atoms in total. The van der Waals surface area contributed by atoms with Crippen LogP contribution < -0.4 is 0 Å². The molecule has 5 heteroatoms. The van der Waals surface area contributed by atoms with E-state index < -0.39 is 5.60 Å². The maximum atomic E-state index is 10.2. The smallest absolute Gasteiger partial charge is 0.145 e. The summed E-state index contributed by atoms with van der Waals surface area (Å²) in [6.07, 6.45) is 6.59. The van der Waals surface area contributed by atoms with Crippen LogP contribution in [-0.2, 0) is 0 Å². The highest BCUT2D eigenvalue weighted by Crippen LogP contribution is 2.40. The lowest BCUT2D eigenvalue weighted by Gasteiger charge is -2.22. The minimum atomic E-state index is -0.774. The van der Waals surface area contributed by atoms with E-state index in [0.717, 1.165) is 23.0 Å². The molecule has 0 aliphatic heterocycles. The topological polar surface area (TPSA) is 50.9 Å². The Morgan fingerprint density at radius 3 is 2.80 bits per heavy atom. The van der Waals surface area contributed by atoms with E-state index in [1.165, 1.54) is 6.33 Å². The van der Waals surface area contributed by atoms with Gasteiger partial charge in [-0.05, 0) is 37.8 Å². The number of hydrogen-bond acceptors (Lipinski definition) is 3. The summed E-state index contributed by atoms with van der Waals surface area (Å²) < 4.78 is 2.11. The molecule has 2 atom stereocenters. The lowest BCUT2D eigenvalue weighted by Crippen LogP contribution is -2.24. The molecular formula is C15H18ClN3O. The summed E-state index contributed by atoms with van der Waals surface area (Å²) in [5.41, 5.74) is 1.16. The Bertz CT molecular complexity index is 684. The standard InChI is InChI=1S/C15H18ClN3O/c1-9-6-10(7-12(9)15(2,3)20)19-5-4-11-13(16)17-8-18-14(11)19/h4-5,7-10,20H,6H2,1-3H3. The third-order valence-electron chi connectivity index (χ3n) is 4.02. The zero-order valence-electron chi connectivity index (χ0n) is 11.8. The zero-order chi connectivity index (χ0) is 14.5. The van der Waals surface area contributed by atoms with E-state index in [0.29, 0.717) is 11.1 Å². The molecular weight excluding hydrogens is 274 g/mol. The monoisotopic (exact) mass is 291 g/mol. The predicted octanol–water partition coefficient (Wildman–Crippen LogP) is 3.36. The van der Waals surface area contributed by atoms with E-state index in [4.69, 9.17) is 11.6 Å². The van der Waals surface area contributed by atoms with Gasteiger partial charge in [-0.15, -0.1) is 0 Å². The Morgan fingerprint density at radius 2 is 2.15 bits per heavy atom. The number of aliphatic hydroxyl groups is 1. The number of halogens is 1. The third-order valence-corrected chi connectivity index (χ3v) is 4.32. The van der Waals surface area contributed by atoms with E-state index in [1.54, 1.807) is 0 Å². The van der Waals surface area contributed by atoms with E-state index in [2.05, 4.69) is 27.5 Å². The van der Waals surface area contributed by atoms with Crippen LogP contribution in [0.25, 0.3) is 11.0 Å². The van der Waals surface area contributed by atoms with Crippen LogP contribution in [0.1, 0.15) is 33.2 Å². The Balaban J connectivity index is 2.05. The second kappa shape index (κ2) is 4.57. The maximum Gasteiger partial charge on any atom is 0.145 e. The second-order valence-corrected chi connectivity index (χ2v) is 6.37. The molecule has 2 aromatic heterocycles. The van der Waals surface area contributed by atoms with Crippen molar-refractivity contribution in [3.05, 3.63) is 35.4 Å². The molecule has 0 saturated heterocycles. The zero-order valence-corrected chi connectivity index (χ0v) is 12.6. The van der Waals surface area contributed by atoms with E-state index >= 15 is 0 Å². The van der Waals surface area contributed by atoms with Gasteiger partial charge in [0.25, 0.3) is 0 Å². The van der Waals surface area contributed by atoms with Crippen molar-refractivity contribution < 1.29 is 5.11 Å². The van der Waals surface area contributed by atoms with Gasteiger partial charge < -0.3 is 9.67 Å². The average molecular weight is 292 g/mol. The van der Waals surface area contributed by atoms with Crippen LogP contribution >= 0.6 is 11.6 Å². The number of hydrogen-bond donors (Lipinski definition) is 1. The van der Waals surface area contributed by atoms with E-state index in [-0.39, 0.29) is 6.04 Å². The van der Waals surface area contributed by atoms with Gasteiger partial charge in [-0.25, -0.2) is 9.97 Å². The first kappa shape index (κ1) is 13.6. The van der Waals surface area contributed by atoms with Crippen LogP contribution in [0, 0.1) is 5.92 Å².